The number of aliphatic hydroxyl groups excluding tert-OH is 1. The largest absolute Gasteiger partial charge is 0.378 e. The van der Waals surface area contributed by atoms with Gasteiger partial charge in [-0.15, -0.1) is 0 Å². The van der Waals surface area contributed by atoms with E-state index in [9.17, 15) is 9.18 Å². The molecule has 1 atom stereocenters. The third-order valence-corrected chi connectivity index (χ3v) is 2.02. The molecule has 0 heterocycles. The Morgan fingerprint density at radius 1 is 1.62 bits per heavy atom. The maximum atomic E-state index is 13.0. The Morgan fingerprint density at radius 2 is 2.23 bits per heavy atom. The number of carbonyl (C=O) groups is 1. The predicted molar refractivity (Wildman–Crippen MR) is 48.3 cm³/mol. The van der Waals surface area contributed by atoms with E-state index in [4.69, 9.17) is 10.8 Å². The molecule has 0 saturated heterocycles. The molecule has 1 unspecified atom stereocenters. The Morgan fingerprint density at radius 3 is 2.77 bits per heavy atom. The number of primary amides is 1. The summed E-state index contributed by atoms with van der Waals surface area (Å²) in [5, 5.41) is 9.17. The van der Waals surface area contributed by atoms with E-state index < -0.39 is 17.8 Å². The van der Waals surface area contributed by atoms with Crippen LogP contribution in [-0.2, 0) is 4.79 Å². The van der Waals surface area contributed by atoms with Crippen molar-refractivity contribution in [2.75, 3.05) is 0 Å². The van der Waals surface area contributed by atoms with E-state index in [-0.39, 0.29) is 5.56 Å². The molecule has 0 aliphatic carbocycles. The van der Waals surface area contributed by atoms with E-state index in [1.807, 2.05) is 0 Å². The van der Waals surface area contributed by atoms with Gasteiger partial charge in [0.1, 0.15) is 5.82 Å². The molecule has 5 heteroatoms. The maximum absolute atomic E-state index is 13.0. The third-order valence-electron chi connectivity index (χ3n) is 1.52. The lowest BCUT2D eigenvalue weighted by atomic mass is 10.1. The van der Waals surface area contributed by atoms with Gasteiger partial charge in [-0.1, -0.05) is 15.9 Å². The lowest BCUT2D eigenvalue weighted by Crippen LogP contribution is -2.21. The van der Waals surface area contributed by atoms with Crippen LogP contribution in [0.4, 0.5) is 4.39 Å². The van der Waals surface area contributed by atoms with Crippen LogP contribution in [0.5, 0.6) is 0 Å². The van der Waals surface area contributed by atoms with Gasteiger partial charge in [-0.2, -0.15) is 0 Å². The van der Waals surface area contributed by atoms with Crippen molar-refractivity contribution in [2.45, 2.75) is 6.10 Å². The number of benzene rings is 1. The quantitative estimate of drug-likeness (QED) is 0.823. The van der Waals surface area contributed by atoms with E-state index in [2.05, 4.69) is 15.9 Å². The summed E-state index contributed by atoms with van der Waals surface area (Å²) in [6.07, 6.45) is -1.60. The minimum absolute atomic E-state index is 0.123. The van der Waals surface area contributed by atoms with Crippen molar-refractivity contribution in [2.24, 2.45) is 5.73 Å². The maximum Gasteiger partial charge on any atom is 0.251 e. The monoisotopic (exact) mass is 247 g/mol. The van der Waals surface area contributed by atoms with Gasteiger partial charge in [-0.05, 0) is 18.2 Å². The number of hydrogen-bond acceptors (Lipinski definition) is 2. The van der Waals surface area contributed by atoms with Crippen molar-refractivity contribution in [1.29, 1.82) is 0 Å². The van der Waals surface area contributed by atoms with E-state index in [1.165, 1.54) is 12.1 Å². The molecule has 0 aliphatic heterocycles. The van der Waals surface area contributed by atoms with Gasteiger partial charge in [0.05, 0.1) is 0 Å². The fourth-order valence-electron chi connectivity index (χ4n) is 0.877. The lowest BCUT2D eigenvalue weighted by Gasteiger charge is -2.07. The second-order valence-corrected chi connectivity index (χ2v) is 3.39. The number of amides is 1. The van der Waals surface area contributed by atoms with Crippen LogP contribution in [0.15, 0.2) is 22.7 Å². The van der Waals surface area contributed by atoms with E-state index in [1.54, 1.807) is 0 Å². The van der Waals surface area contributed by atoms with Crippen LogP contribution in [0.1, 0.15) is 11.7 Å². The van der Waals surface area contributed by atoms with Crippen molar-refractivity contribution in [3.05, 3.63) is 34.1 Å². The molecule has 1 aromatic rings. The molecule has 0 radical (unpaired) electrons. The summed E-state index contributed by atoms with van der Waals surface area (Å²) in [5.41, 5.74) is 4.69. The summed E-state index contributed by atoms with van der Waals surface area (Å²) in [5.74, 6) is -1.63. The second-order valence-electron chi connectivity index (χ2n) is 2.47. The highest BCUT2D eigenvalue weighted by atomic mass is 79.9. The Hall–Kier alpha value is -0.940. The summed E-state index contributed by atoms with van der Waals surface area (Å²) >= 11 is 3.08. The van der Waals surface area contributed by atoms with Crippen LogP contribution >= 0.6 is 15.9 Å². The summed E-state index contributed by atoms with van der Waals surface area (Å²) in [6, 6.07) is 3.92. The molecule has 1 amide bonds. The van der Waals surface area contributed by atoms with Crippen molar-refractivity contribution >= 4 is 21.8 Å². The zero-order valence-electron chi connectivity index (χ0n) is 6.50. The number of carbonyl (C=O) groups excluding carboxylic acids is 1. The SMILES string of the molecule is NC(=O)C(O)c1cc(Br)ccc1F. The topological polar surface area (TPSA) is 63.3 Å². The first-order chi connectivity index (χ1) is 6.02. The van der Waals surface area contributed by atoms with Gasteiger partial charge in [-0.25, -0.2) is 4.39 Å². The Labute approximate surface area is 82.5 Å². The number of nitrogens with two attached hydrogens (primary N) is 1. The zero-order valence-corrected chi connectivity index (χ0v) is 8.08. The van der Waals surface area contributed by atoms with E-state index in [0.717, 1.165) is 6.07 Å². The van der Waals surface area contributed by atoms with Gasteiger partial charge in [0, 0.05) is 10.0 Å². The Kier molecular flexibility index (Phi) is 3.00. The third kappa shape index (κ3) is 2.26. The molecule has 0 aliphatic rings. The van der Waals surface area contributed by atoms with Gasteiger partial charge >= 0.3 is 0 Å². The molecule has 0 fully saturated rings. The highest BCUT2D eigenvalue weighted by Gasteiger charge is 2.17. The molecule has 0 aromatic heterocycles. The minimum atomic E-state index is -1.60. The summed E-state index contributed by atoms with van der Waals surface area (Å²) in [6.45, 7) is 0. The molecule has 3 nitrogen and oxygen atoms in total. The van der Waals surface area contributed by atoms with Gasteiger partial charge in [0.15, 0.2) is 6.10 Å². The van der Waals surface area contributed by atoms with Crippen molar-refractivity contribution < 1.29 is 14.3 Å². The van der Waals surface area contributed by atoms with Crippen LogP contribution in [-0.4, -0.2) is 11.0 Å². The minimum Gasteiger partial charge on any atom is -0.378 e. The number of aliphatic hydroxyl groups is 1. The molecule has 1 rings (SSSR count). The van der Waals surface area contributed by atoms with Crippen LogP contribution in [0.3, 0.4) is 0 Å². The van der Waals surface area contributed by atoms with Crippen molar-refractivity contribution in [3.63, 3.8) is 0 Å². The van der Waals surface area contributed by atoms with Gasteiger partial charge in [0.2, 0.25) is 0 Å². The first kappa shape index (κ1) is 10.1. The van der Waals surface area contributed by atoms with Gasteiger partial charge < -0.3 is 10.8 Å². The fraction of sp³-hybridized carbons (Fsp3) is 0.125. The number of rotatable bonds is 2. The van der Waals surface area contributed by atoms with Crippen LogP contribution < -0.4 is 5.73 Å². The molecule has 0 bridgehead atoms. The fourth-order valence-corrected chi connectivity index (χ4v) is 1.26. The Balaban J connectivity index is 3.12. The first-order valence-electron chi connectivity index (χ1n) is 3.44. The zero-order chi connectivity index (χ0) is 10.0. The standard InChI is InChI=1S/C8H7BrFNO2/c9-4-1-2-6(10)5(3-4)7(12)8(11)13/h1-3,7,12H,(H2,11,13). The normalized spacial score (nSPS) is 12.5. The van der Waals surface area contributed by atoms with Crippen molar-refractivity contribution in [1.82, 2.24) is 0 Å². The van der Waals surface area contributed by atoms with Gasteiger partial charge in [0.25, 0.3) is 5.91 Å². The molecule has 0 spiro atoms. The average Bonchev–Trinajstić information content (AvgIpc) is 2.08. The Bertz CT molecular complexity index is 343. The molecule has 0 saturated carbocycles. The van der Waals surface area contributed by atoms with Crippen LogP contribution in [0.2, 0.25) is 0 Å². The highest BCUT2D eigenvalue weighted by Crippen LogP contribution is 2.21. The van der Waals surface area contributed by atoms with E-state index in [0.29, 0.717) is 4.47 Å². The summed E-state index contributed by atoms with van der Waals surface area (Å²) in [4.78, 5) is 10.6. The average molecular weight is 248 g/mol. The van der Waals surface area contributed by atoms with Crippen molar-refractivity contribution in [3.8, 4) is 0 Å². The van der Waals surface area contributed by atoms with Gasteiger partial charge in [-0.3, -0.25) is 4.79 Å². The molecule has 13 heavy (non-hydrogen) atoms. The van der Waals surface area contributed by atoms with E-state index >= 15 is 0 Å². The number of hydrogen-bond donors (Lipinski definition) is 2. The molecule has 70 valence electrons. The summed E-state index contributed by atoms with van der Waals surface area (Å²) in [7, 11) is 0. The van der Waals surface area contributed by atoms with Crippen LogP contribution in [0.25, 0.3) is 0 Å². The smallest absolute Gasteiger partial charge is 0.251 e. The molecular weight excluding hydrogens is 241 g/mol. The first-order valence-corrected chi connectivity index (χ1v) is 4.24. The molecule has 1 aromatic carbocycles. The lowest BCUT2D eigenvalue weighted by molar-refractivity contribution is -0.126. The summed E-state index contributed by atoms with van der Waals surface area (Å²) < 4.78 is 13.6. The van der Waals surface area contributed by atoms with Crippen LogP contribution in [0, 0.1) is 5.82 Å². The molecule has 3 N–H and O–H groups in total. The predicted octanol–water partition coefficient (Wildman–Crippen LogP) is 1.11. The molecular formula is C8H7BrFNO2. The second kappa shape index (κ2) is 3.85. The number of halogens is 2. The highest BCUT2D eigenvalue weighted by molar-refractivity contribution is 9.10.